The van der Waals surface area contributed by atoms with Crippen LogP contribution in [0.4, 0.5) is 0 Å². The smallest absolute Gasteiger partial charge is 0.101 e. The average Bonchev–Trinajstić information content (AvgIpc) is 3.78. The predicted octanol–water partition coefficient (Wildman–Crippen LogP) is 10.4. The molecule has 7 aromatic carbocycles. The minimum absolute atomic E-state index is 0.0505. The highest BCUT2D eigenvalue weighted by atomic mass is 15.4. The second kappa shape index (κ2) is 13.6. The molecule has 2 aromatic heterocycles. The molecule has 6 nitrogen and oxygen atoms in total. The molecule has 0 saturated carbocycles. The number of allylic oxidation sites excluding steroid dienone is 2. The van der Waals surface area contributed by atoms with Gasteiger partial charge in [-0.15, -0.1) is 0 Å². The summed E-state index contributed by atoms with van der Waals surface area (Å²) in [5, 5.41) is 20.4. The molecule has 3 atom stereocenters. The minimum Gasteiger partial charge on any atom is -0.380 e. The number of fused-ring (bicyclic) bond motifs is 6. The minimum atomic E-state index is -0.114. The number of para-hydroxylation sites is 3. The molecule has 2 aliphatic rings. The Bertz CT molecular complexity index is 2940. The monoisotopic (exact) mass is 724 g/mol. The highest BCUT2D eigenvalue weighted by Gasteiger charge is 2.31. The van der Waals surface area contributed by atoms with E-state index in [1.165, 1.54) is 71.6 Å². The van der Waals surface area contributed by atoms with Gasteiger partial charge in [-0.3, -0.25) is 16.0 Å². The number of hydrogen-bond donors (Lipinski definition) is 4. The summed E-state index contributed by atoms with van der Waals surface area (Å²) in [6, 6.07) is 63.1. The number of benzene rings is 7. The molecule has 4 heterocycles. The molecule has 1 saturated heterocycles. The number of nitrogens with one attached hydrogen (secondary N) is 4. The summed E-state index contributed by atoms with van der Waals surface area (Å²) in [5.74, 6) is 0. The van der Waals surface area contributed by atoms with Gasteiger partial charge >= 0.3 is 0 Å². The van der Waals surface area contributed by atoms with E-state index in [2.05, 4.69) is 218 Å². The van der Waals surface area contributed by atoms with E-state index in [0.717, 1.165) is 11.4 Å². The molecule has 0 spiro atoms. The van der Waals surface area contributed by atoms with Crippen molar-refractivity contribution < 1.29 is 0 Å². The summed E-state index contributed by atoms with van der Waals surface area (Å²) in [5.41, 5.74) is 13.1. The van der Waals surface area contributed by atoms with Crippen molar-refractivity contribution in [2.45, 2.75) is 18.5 Å². The van der Waals surface area contributed by atoms with Gasteiger partial charge in [-0.1, -0.05) is 140 Å². The van der Waals surface area contributed by atoms with E-state index in [4.69, 9.17) is 0 Å². The SMILES string of the molecule is C1=C(C2NC(c3ccccc3)NC(c3ccc(-c4ccccc4)cc3)N2)NCC(n2c3ccccc3c3cc4c5ccccc5n(-c5ccccc5)c4cc32)=C1. The Balaban J connectivity index is 0.990. The van der Waals surface area contributed by atoms with Crippen LogP contribution < -0.4 is 21.3 Å². The largest absolute Gasteiger partial charge is 0.380 e. The third-order valence-corrected chi connectivity index (χ3v) is 11.5. The maximum Gasteiger partial charge on any atom is 0.101 e. The lowest BCUT2D eigenvalue weighted by molar-refractivity contribution is 0.217. The van der Waals surface area contributed by atoms with Crippen LogP contribution in [0.25, 0.3) is 66.1 Å². The average molecular weight is 725 g/mol. The van der Waals surface area contributed by atoms with Crippen molar-refractivity contribution in [1.82, 2.24) is 30.4 Å². The van der Waals surface area contributed by atoms with Gasteiger partial charge in [0.25, 0.3) is 0 Å². The summed E-state index contributed by atoms with van der Waals surface area (Å²) in [6.07, 6.45) is 4.30. The first kappa shape index (κ1) is 32.7. The van der Waals surface area contributed by atoms with E-state index in [9.17, 15) is 0 Å². The van der Waals surface area contributed by atoms with Gasteiger partial charge in [0.15, 0.2) is 0 Å². The van der Waals surface area contributed by atoms with E-state index in [1.54, 1.807) is 0 Å². The molecule has 270 valence electrons. The molecule has 2 aliphatic heterocycles. The van der Waals surface area contributed by atoms with Gasteiger partial charge in [-0.05, 0) is 70.8 Å². The second-order valence-corrected chi connectivity index (χ2v) is 14.8. The second-order valence-electron chi connectivity index (χ2n) is 14.8. The van der Waals surface area contributed by atoms with E-state index < -0.39 is 0 Å². The Labute approximate surface area is 325 Å². The highest BCUT2D eigenvalue weighted by Crippen LogP contribution is 2.40. The van der Waals surface area contributed by atoms with Gasteiger partial charge in [-0.25, -0.2) is 0 Å². The van der Waals surface area contributed by atoms with E-state index in [1.807, 2.05) is 0 Å². The van der Waals surface area contributed by atoms with Gasteiger partial charge in [0.05, 0.1) is 40.9 Å². The maximum absolute atomic E-state index is 3.87. The van der Waals surface area contributed by atoms with Crippen LogP contribution in [0.15, 0.2) is 194 Å². The number of hydrogen-bond acceptors (Lipinski definition) is 4. The topological polar surface area (TPSA) is 58.0 Å². The van der Waals surface area contributed by atoms with Gasteiger partial charge in [-0.2, -0.15) is 0 Å². The van der Waals surface area contributed by atoms with Crippen LogP contribution in [0.2, 0.25) is 0 Å². The third-order valence-electron chi connectivity index (χ3n) is 11.5. The van der Waals surface area contributed by atoms with Gasteiger partial charge in [0.2, 0.25) is 0 Å². The number of nitrogens with zero attached hydrogens (tertiary/aromatic N) is 2. The fourth-order valence-electron chi connectivity index (χ4n) is 8.80. The molecule has 6 heteroatoms. The van der Waals surface area contributed by atoms with E-state index in [0.29, 0.717) is 6.54 Å². The van der Waals surface area contributed by atoms with Gasteiger partial charge in [0.1, 0.15) is 6.17 Å². The molecule has 0 amide bonds. The summed E-state index contributed by atoms with van der Waals surface area (Å²) in [4.78, 5) is 0. The summed E-state index contributed by atoms with van der Waals surface area (Å²) in [6.45, 7) is 0.680. The van der Waals surface area contributed by atoms with Crippen molar-refractivity contribution in [3.63, 3.8) is 0 Å². The van der Waals surface area contributed by atoms with Crippen molar-refractivity contribution in [2.75, 3.05) is 6.54 Å². The fourth-order valence-corrected chi connectivity index (χ4v) is 8.80. The zero-order chi connectivity index (χ0) is 37.0. The zero-order valence-corrected chi connectivity index (χ0v) is 30.7. The lowest BCUT2D eigenvalue weighted by Crippen LogP contribution is -2.61. The van der Waals surface area contributed by atoms with Crippen molar-refractivity contribution in [2.24, 2.45) is 0 Å². The van der Waals surface area contributed by atoms with E-state index in [-0.39, 0.29) is 18.5 Å². The molecule has 0 bridgehead atoms. The molecular weight excluding hydrogens is 685 g/mol. The van der Waals surface area contributed by atoms with Crippen molar-refractivity contribution in [1.29, 1.82) is 0 Å². The molecular formula is C50H40N6. The predicted molar refractivity (Wildman–Crippen MR) is 231 cm³/mol. The highest BCUT2D eigenvalue weighted by molar-refractivity contribution is 6.19. The molecule has 1 fully saturated rings. The molecule has 0 radical (unpaired) electrons. The first-order valence-electron chi connectivity index (χ1n) is 19.4. The van der Waals surface area contributed by atoms with Gasteiger partial charge < -0.3 is 14.5 Å². The van der Waals surface area contributed by atoms with Gasteiger partial charge in [0, 0.05) is 38.6 Å². The van der Waals surface area contributed by atoms with E-state index >= 15 is 0 Å². The van der Waals surface area contributed by atoms with Crippen LogP contribution in [0, 0.1) is 0 Å². The van der Waals surface area contributed by atoms with Crippen molar-refractivity contribution in [3.8, 4) is 16.8 Å². The summed E-state index contributed by atoms with van der Waals surface area (Å²) >= 11 is 0. The number of rotatable bonds is 6. The van der Waals surface area contributed by atoms with Crippen molar-refractivity contribution in [3.05, 3.63) is 205 Å². The first-order valence-corrected chi connectivity index (χ1v) is 19.4. The Morgan fingerprint density at radius 3 is 1.55 bits per heavy atom. The lowest BCUT2D eigenvalue weighted by Gasteiger charge is -2.41. The summed E-state index contributed by atoms with van der Waals surface area (Å²) < 4.78 is 4.85. The van der Waals surface area contributed by atoms with Crippen LogP contribution in [0.5, 0.6) is 0 Å². The quantitative estimate of drug-likeness (QED) is 0.138. The molecule has 56 heavy (non-hydrogen) atoms. The Hall–Kier alpha value is -6.70. The molecule has 9 aromatic rings. The number of aromatic nitrogens is 2. The number of dihydropyridines is 1. The first-order chi connectivity index (χ1) is 27.8. The molecule has 11 rings (SSSR count). The fraction of sp³-hybridized carbons (Fsp3) is 0.0800. The van der Waals surface area contributed by atoms with Crippen LogP contribution in [-0.2, 0) is 0 Å². The molecule has 4 N–H and O–H groups in total. The summed E-state index contributed by atoms with van der Waals surface area (Å²) in [7, 11) is 0. The molecule has 0 aliphatic carbocycles. The lowest BCUT2D eigenvalue weighted by atomic mass is 10.0. The molecule has 3 unspecified atom stereocenters. The van der Waals surface area contributed by atoms with Crippen molar-refractivity contribution >= 4 is 49.3 Å². The van der Waals surface area contributed by atoms with Crippen LogP contribution in [0.3, 0.4) is 0 Å². The third kappa shape index (κ3) is 5.54. The van der Waals surface area contributed by atoms with Crippen LogP contribution in [0.1, 0.15) is 23.5 Å². The zero-order valence-electron chi connectivity index (χ0n) is 30.7. The van der Waals surface area contributed by atoms with Crippen LogP contribution in [-0.4, -0.2) is 21.8 Å². The Morgan fingerprint density at radius 2 is 0.911 bits per heavy atom. The van der Waals surface area contributed by atoms with Crippen LogP contribution >= 0.6 is 0 Å². The normalized spacial score (nSPS) is 18.6. The Morgan fingerprint density at radius 1 is 0.393 bits per heavy atom. The maximum atomic E-state index is 3.87. The Kier molecular flexibility index (Phi) is 7.91. The standard InChI is InChI=1S/C50H40N6/c1-4-14-33(15-5-1)34-24-26-36(27-25-34)49-52-48(35-16-6-2-7-17-35)53-50(54-49)43-29-28-38(32-51-43)56-45-23-13-11-21-40(45)42-30-41-39-20-10-12-22-44(39)55(46(41)31-47(42)56)37-18-8-3-9-19-37/h1-31,48-54H,32H2.